The van der Waals surface area contributed by atoms with Gasteiger partial charge in [0.25, 0.3) is 0 Å². The Morgan fingerprint density at radius 1 is 1.29 bits per heavy atom. The molecule has 0 saturated carbocycles. The van der Waals surface area contributed by atoms with Crippen LogP contribution in [0.2, 0.25) is 0 Å². The zero-order chi connectivity index (χ0) is 16.7. The van der Waals surface area contributed by atoms with Crippen LogP contribution in [0.15, 0.2) is 16.1 Å². The molecule has 0 unspecified atom stereocenters. The summed E-state index contributed by atoms with van der Waals surface area (Å²) in [6.45, 7) is 8.17. The fraction of sp³-hybridized carbons (Fsp3) is 0.500. The summed E-state index contributed by atoms with van der Waals surface area (Å²) in [7, 11) is 0. The molecule has 0 bridgehead atoms. The van der Waals surface area contributed by atoms with Gasteiger partial charge in [-0.3, -0.25) is 0 Å². The number of morpholine rings is 1. The SMILES string of the molecule is Cc1csc2ncnc(N3CCO[C@H](c4nnc(C(C)C)o4)C3)c12. The molecule has 1 atom stereocenters. The lowest BCUT2D eigenvalue weighted by Crippen LogP contribution is -2.39. The second-order valence-electron chi connectivity index (χ2n) is 6.23. The lowest BCUT2D eigenvalue weighted by Gasteiger charge is -2.32. The van der Waals surface area contributed by atoms with E-state index in [2.05, 4.69) is 37.4 Å². The van der Waals surface area contributed by atoms with Gasteiger partial charge in [-0.1, -0.05) is 13.8 Å². The summed E-state index contributed by atoms with van der Waals surface area (Å²) in [6.07, 6.45) is 1.39. The smallest absolute Gasteiger partial charge is 0.247 e. The quantitative estimate of drug-likeness (QED) is 0.722. The largest absolute Gasteiger partial charge is 0.422 e. The van der Waals surface area contributed by atoms with Gasteiger partial charge >= 0.3 is 0 Å². The summed E-state index contributed by atoms with van der Waals surface area (Å²) in [5.41, 5.74) is 1.20. The molecule has 0 N–H and O–H groups in total. The van der Waals surface area contributed by atoms with Gasteiger partial charge in [-0.2, -0.15) is 0 Å². The Bertz CT molecular complexity index is 859. The first kappa shape index (κ1) is 15.5. The van der Waals surface area contributed by atoms with Crippen LogP contribution in [0.25, 0.3) is 10.2 Å². The highest BCUT2D eigenvalue weighted by atomic mass is 32.1. The summed E-state index contributed by atoms with van der Waals surface area (Å²) in [5.74, 6) is 2.34. The second kappa shape index (κ2) is 6.10. The highest BCUT2D eigenvalue weighted by Crippen LogP contribution is 2.33. The minimum atomic E-state index is -0.234. The maximum atomic E-state index is 5.85. The van der Waals surface area contributed by atoms with E-state index in [1.807, 2.05) is 13.8 Å². The summed E-state index contributed by atoms with van der Waals surface area (Å²) in [5, 5.41) is 11.5. The number of anilines is 1. The molecule has 0 amide bonds. The van der Waals surface area contributed by atoms with Crippen molar-refractivity contribution in [3.05, 3.63) is 29.1 Å². The Hall–Kier alpha value is -2.06. The van der Waals surface area contributed by atoms with Gasteiger partial charge in [-0.25, -0.2) is 9.97 Å². The number of hydrogen-bond donors (Lipinski definition) is 0. The molecule has 1 saturated heterocycles. The van der Waals surface area contributed by atoms with Crippen molar-refractivity contribution in [2.45, 2.75) is 32.8 Å². The van der Waals surface area contributed by atoms with Gasteiger partial charge in [0, 0.05) is 12.5 Å². The van der Waals surface area contributed by atoms with Gasteiger partial charge in [-0.05, 0) is 17.9 Å². The maximum absolute atomic E-state index is 5.85. The van der Waals surface area contributed by atoms with Crippen LogP contribution in [0.3, 0.4) is 0 Å². The van der Waals surface area contributed by atoms with Crippen LogP contribution in [-0.4, -0.2) is 39.9 Å². The third kappa shape index (κ3) is 2.65. The van der Waals surface area contributed by atoms with Crippen LogP contribution < -0.4 is 4.90 Å². The molecule has 3 aromatic heterocycles. The van der Waals surface area contributed by atoms with Crippen LogP contribution in [0.4, 0.5) is 5.82 Å². The molecule has 1 fully saturated rings. The molecule has 0 aromatic carbocycles. The van der Waals surface area contributed by atoms with Gasteiger partial charge in [-0.15, -0.1) is 21.5 Å². The summed E-state index contributed by atoms with van der Waals surface area (Å²) < 4.78 is 11.6. The monoisotopic (exact) mass is 345 g/mol. The number of nitrogens with zero attached hydrogens (tertiary/aromatic N) is 5. The molecule has 1 aliphatic heterocycles. The number of aromatic nitrogens is 4. The second-order valence-corrected chi connectivity index (χ2v) is 7.09. The fourth-order valence-corrected chi connectivity index (χ4v) is 3.72. The van der Waals surface area contributed by atoms with Gasteiger partial charge < -0.3 is 14.1 Å². The zero-order valence-electron chi connectivity index (χ0n) is 13.9. The highest BCUT2D eigenvalue weighted by Gasteiger charge is 2.29. The molecular weight excluding hydrogens is 326 g/mol. The molecule has 0 aliphatic carbocycles. The molecule has 0 spiro atoms. The number of aryl methyl sites for hydroxylation is 1. The minimum Gasteiger partial charge on any atom is -0.422 e. The molecule has 4 rings (SSSR count). The van der Waals surface area contributed by atoms with Crippen LogP contribution in [0.5, 0.6) is 0 Å². The number of thiophene rings is 1. The van der Waals surface area contributed by atoms with Crippen molar-refractivity contribution in [3.63, 3.8) is 0 Å². The Kier molecular flexibility index (Phi) is 3.93. The zero-order valence-corrected chi connectivity index (χ0v) is 14.7. The molecule has 126 valence electrons. The van der Waals surface area contributed by atoms with Crippen molar-refractivity contribution in [2.75, 3.05) is 24.6 Å². The van der Waals surface area contributed by atoms with E-state index >= 15 is 0 Å². The third-order valence-electron chi connectivity index (χ3n) is 4.13. The summed E-state index contributed by atoms with van der Waals surface area (Å²) in [6, 6.07) is 0. The topological polar surface area (TPSA) is 77.2 Å². The van der Waals surface area contributed by atoms with Crippen LogP contribution in [-0.2, 0) is 4.74 Å². The van der Waals surface area contributed by atoms with Crippen LogP contribution in [0.1, 0.15) is 43.2 Å². The minimum absolute atomic E-state index is 0.209. The lowest BCUT2D eigenvalue weighted by molar-refractivity contribution is 0.0212. The third-order valence-corrected chi connectivity index (χ3v) is 5.13. The van der Waals surface area contributed by atoms with Crippen molar-refractivity contribution in [3.8, 4) is 0 Å². The summed E-state index contributed by atoms with van der Waals surface area (Å²) >= 11 is 1.65. The normalized spacial score (nSPS) is 18.7. The molecule has 1 aliphatic rings. The van der Waals surface area contributed by atoms with E-state index in [1.165, 1.54) is 5.56 Å². The first-order valence-corrected chi connectivity index (χ1v) is 8.90. The predicted octanol–water partition coefficient (Wildman–Crippen LogP) is 3.08. The van der Waals surface area contributed by atoms with E-state index in [-0.39, 0.29) is 12.0 Å². The van der Waals surface area contributed by atoms with Crippen LogP contribution in [0, 0.1) is 6.92 Å². The highest BCUT2D eigenvalue weighted by molar-refractivity contribution is 7.17. The lowest BCUT2D eigenvalue weighted by atomic mass is 10.2. The number of rotatable bonds is 3. The number of hydrogen-bond acceptors (Lipinski definition) is 8. The fourth-order valence-electron chi connectivity index (χ4n) is 2.84. The first-order valence-electron chi connectivity index (χ1n) is 8.02. The van der Waals surface area contributed by atoms with Crippen molar-refractivity contribution in [1.29, 1.82) is 0 Å². The van der Waals surface area contributed by atoms with Crippen LogP contribution >= 0.6 is 11.3 Å². The van der Waals surface area contributed by atoms with Crippen molar-refractivity contribution >= 4 is 27.4 Å². The van der Waals surface area contributed by atoms with E-state index in [0.717, 1.165) is 22.6 Å². The van der Waals surface area contributed by atoms with Crippen molar-refractivity contribution in [1.82, 2.24) is 20.2 Å². The molecule has 0 radical (unpaired) electrons. The average molecular weight is 345 g/mol. The average Bonchev–Trinajstić information content (AvgIpc) is 3.23. The van der Waals surface area contributed by atoms with Crippen molar-refractivity contribution in [2.24, 2.45) is 0 Å². The number of ether oxygens (including phenoxy) is 1. The molecule has 3 aromatic rings. The van der Waals surface area contributed by atoms with E-state index in [4.69, 9.17) is 9.15 Å². The van der Waals surface area contributed by atoms with Gasteiger partial charge in [0.1, 0.15) is 17.0 Å². The molecular formula is C16H19N5O2S. The molecule has 4 heterocycles. The van der Waals surface area contributed by atoms with E-state index in [0.29, 0.717) is 24.9 Å². The Balaban J connectivity index is 1.63. The molecule has 7 nitrogen and oxygen atoms in total. The van der Waals surface area contributed by atoms with Crippen molar-refractivity contribution < 1.29 is 9.15 Å². The number of fused-ring (bicyclic) bond motifs is 1. The van der Waals surface area contributed by atoms with E-state index in [1.54, 1.807) is 17.7 Å². The van der Waals surface area contributed by atoms with E-state index in [9.17, 15) is 0 Å². The predicted molar refractivity (Wildman–Crippen MR) is 91.4 cm³/mol. The Morgan fingerprint density at radius 2 is 2.17 bits per heavy atom. The van der Waals surface area contributed by atoms with Gasteiger partial charge in [0.15, 0.2) is 6.10 Å². The summed E-state index contributed by atoms with van der Waals surface area (Å²) in [4.78, 5) is 12.1. The molecule has 8 heteroatoms. The van der Waals surface area contributed by atoms with E-state index < -0.39 is 0 Å². The van der Waals surface area contributed by atoms with Gasteiger partial charge in [0.2, 0.25) is 11.8 Å². The first-order chi connectivity index (χ1) is 11.6. The maximum Gasteiger partial charge on any atom is 0.247 e. The molecule has 24 heavy (non-hydrogen) atoms. The Labute approximate surface area is 143 Å². The standard InChI is InChI=1S/C16H19N5O2S/c1-9(2)14-19-20-15(23-14)11-6-21(4-5-22-11)13-12-10(3)7-24-16(12)18-8-17-13/h7-9,11H,4-6H2,1-3H3/t11-/m0/s1. The Morgan fingerprint density at radius 3 is 2.96 bits per heavy atom. The van der Waals surface area contributed by atoms with Gasteiger partial charge in [0.05, 0.1) is 18.5 Å².